The molecule has 1 aromatic heterocycles. The number of alkyl halides is 3. The second kappa shape index (κ2) is 13.1. The molecule has 0 fully saturated rings. The highest BCUT2D eigenvalue weighted by Gasteiger charge is 2.35. The number of hydrogen-bond donors (Lipinski definition) is 3. The van der Waals surface area contributed by atoms with Crippen molar-refractivity contribution in [2.45, 2.75) is 13.1 Å². The lowest BCUT2D eigenvalue weighted by atomic mass is 10.1. The van der Waals surface area contributed by atoms with Crippen molar-refractivity contribution >= 4 is 39.8 Å². The molecule has 3 N–H and O–H groups in total. The first-order chi connectivity index (χ1) is 20.5. The van der Waals surface area contributed by atoms with Crippen LogP contribution in [0.3, 0.4) is 0 Å². The van der Waals surface area contributed by atoms with Gasteiger partial charge in [0.1, 0.15) is 22.9 Å². The van der Waals surface area contributed by atoms with E-state index in [9.17, 15) is 27.2 Å². The van der Waals surface area contributed by atoms with Crippen LogP contribution in [-0.2, 0) is 15.8 Å². The summed E-state index contributed by atoms with van der Waals surface area (Å²) in [6, 6.07) is 12.1. The molecule has 0 aliphatic rings. The molecule has 10 nitrogen and oxygen atoms in total. The average Bonchev–Trinajstić information content (AvgIpc) is 2.98. The highest BCUT2D eigenvalue weighted by Crippen LogP contribution is 2.42. The number of carbonyl (C=O) groups is 2. The van der Waals surface area contributed by atoms with Crippen molar-refractivity contribution in [3.63, 3.8) is 0 Å². The zero-order chi connectivity index (χ0) is 31.1. The number of ether oxygens (including phenoxy) is 3. The number of nitrogens with zero attached hydrogens (tertiary/aromatic N) is 2. The number of carbonyl (C=O) groups excluding carboxylic acids is 2. The van der Waals surface area contributed by atoms with Crippen molar-refractivity contribution in [1.82, 2.24) is 10.4 Å². The van der Waals surface area contributed by atoms with Gasteiger partial charge in [-0.2, -0.15) is 18.3 Å². The van der Waals surface area contributed by atoms with Crippen LogP contribution in [0, 0.1) is 5.82 Å². The molecule has 3 aromatic carbocycles. The summed E-state index contributed by atoms with van der Waals surface area (Å²) in [6.45, 7) is 1.90. The fourth-order valence-electron chi connectivity index (χ4n) is 3.85. The van der Waals surface area contributed by atoms with Crippen LogP contribution in [0.2, 0.25) is 0 Å². The number of hydrogen-bond acceptors (Lipinski definition) is 8. The topological polar surface area (TPSA) is 123 Å². The van der Waals surface area contributed by atoms with Gasteiger partial charge in [-0.15, -0.1) is 0 Å². The smallest absolute Gasteiger partial charge is 0.420 e. The van der Waals surface area contributed by atoms with Crippen LogP contribution in [0.25, 0.3) is 10.9 Å². The number of pyridine rings is 1. The Labute approximate surface area is 242 Å². The first-order valence-corrected chi connectivity index (χ1v) is 12.6. The van der Waals surface area contributed by atoms with Gasteiger partial charge in [-0.25, -0.2) is 4.39 Å². The molecule has 4 rings (SSSR count). The monoisotopic (exact) mass is 599 g/mol. The third-order valence-electron chi connectivity index (χ3n) is 5.85. The summed E-state index contributed by atoms with van der Waals surface area (Å²) >= 11 is 0. The zero-order valence-electron chi connectivity index (χ0n) is 23.0. The van der Waals surface area contributed by atoms with Gasteiger partial charge in [0.25, 0.3) is 11.8 Å². The normalized spacial score (nSPS) is 11.6. The standard InChI is InChI=1S/C29H25F4N5O5/c1-4-35-38-26(27(39)36-17-7-5-16(30)6-8-17)28(40)37-18-9-10-23(20(13-18)29(31,32)33)43-22-11-12-34-21-15-25(42-3)24(41-2)14-19(21)22/h5-15,35H,4H2,1-3H3,(H,36,39)(H,37,40)/b38-26+. The molecule has 0 aliphatic carbocycles. The van der Waals surface area contributed by atoms with E-state index in [0.29, 0.717) is 28.5 Å². The van der Waals surface area contributed by atoms with Crippen molar-refractivity contribution in [3.8, 4) is 23.0 Å². The molecule has 4 aromatic rings. The van der Waals surface area contributed by atoms with E-state index in [1.807, 2.05) is 0 Å². The number of anilines is 2. The highest BCUT2D eigenvalue weighted by atomic mass is 19.4. The minimum Gasteiger partial charge on any atom is -0.493 e. The van der Waals surface area contributed by atoms with E-state index in [1.165, 1.54) is 50.7 Å². The summed E-state index contributed by atoms with van der Waals surface area (Å²) in [7, 11) is 2.85. The number of fused-ring (bicyclic) bond motifs is 1. The highest BCUT2D eigenvalue weighted by molar-refractivity contribution is 6.69. The molecule has 0 radical (unpaired) electrons. The average molecular weight is 600 g/mol. The Morgan fingerprint density at radius 2 is 1.47 bits per heavy atom. The van der Waals surface area contributed by atoms with Gasteiger partial charge >= 0.3 is 6.18 Å². The van der Waals surface area contributed by atoms with E-state index >= 15 is 0 Å². The molecule has 0 unspecified atom stereocenters. The largest absolute Gasteiger partial charge is 0.493 e. The minimum absolute atomic E-state index is 0.0609. The van der Waals surface area contributed by atoms with Crippen LogP contribution in [0.5, 0.6) is 23.0 Å². The van der Waals surface area contributed by atoms with E-state index in [0.717, 1.165) is 18.2 Å². The first kappa shape index (κ1) is 30.6. The Bertz CT molecular complexity index is 1680. The van der Waals surface area contributed by atoms with Crippen LogP contribution >= 0.6 is 0 Å². The van der Waals surface area contributed by atoms with Gasteiger partial charge in [-0.1, -0.05) is 0 Å². The maximum atomic E-state index is 14.2. The summed E-state index contributed by atoms with van der Waals surface area (Å²) in [4.78, 5) is 29.9. The molecular formula is C29H25F4N5O5. The molecule has 0 spiro atoms. The molecule has 0 saturated carbocycles. The second-order valence-corrected chi connectivity index (χ2v) is 8.73. The van der Waals surface area contributed by atoms with Crippen molar-refractivity contribution < 1.29 is 41.4 Å². The molecule has 0 saturated heterocycles. The fourth-order valence-corrected chi connectivity index (χ4v) is 3.85. The van der Waals surface area contributed by atoms with Gasteiger partial charge < -0.3 is 30.3 Å². The molecule has 14 heteroatoms. The lowest BCUT2D eigenvalue weighted by molar-refractivity contribution is -0.138. The van der Waals surface area contributed by atoms with Crippen LogP contribution in [0.4, 0.5) is 28.9 Å². The maximum Gasteiger partial charge on any atom is 0.420 e. The molecule has 2 amide bonds. The molecule has 224 valence electrons. The third-order valence-corrected chi connectivity index (χ3v) is 5.85. The number of rotatable bonds is 10. The van der Waals surface area contributed by atoms with Crippen LogP contribution in [-0.4, -0.2) is 43.3 Å². The molecule has 43 heavy (non-hydrogen) atoms. The van der Waals surface area contributed by atoms with Crippen molar-refractivity contribution in [2.24, 2.45) is 5.10 Å². The number of methoxy groups -OCH3 is 2. The predicted octanol–water partition coefficient (Wildman–Crippen LogP) is 5.74. The molecule has 0 aliphatic heterocycles. The van der Waals surface area contributed by atoms with Crippen molar-refractivity contribution in [2.75, 3.05) is 31.4 Å². The van der Waals surface area contributed by atoms with Crippen molar-refractivity contribution in [3.05, 3.63) is 78.2 Å². The van der Waals surface area contributed by atoms with Crippen LogP contribution < -0.4 is 30.3 Å². The molecule has 1 heterocycles. The quantitative estimate of drug-likeness (QED) is 0.0919. The Kier molecular flexibility index (Phi) is 9.28. The van der Waals surface area contributed by atoms with Crippen LogP contribution in [0.15, 0.2) is 72.0 Å². The number of halogens is 4. The molecular weight excluding hydrogens is 574 g/mol. The van der Waals surface area contributed by atoms with Gasteiger partial charge in [0.15, 0.2) is 11.5 Å². The van der Waals surface area contributed by atoms with E-state index < -0.39 is 40.8 Å². The number of nitrogens with one attached hydrogen (secondary N) is 3. The van der Waals surface area contributed by atoms with Gasteiger partial charge in [-0.3, -0.25) is 14.6 Å². The SMILES string of the molecule is CCN/N=C(\C(=O)Nc1ccc(F)cc1)C(=O)Nc1ccc(Oc2ccnc3cc(OC)c(OC)cc23)c(C(F)(F)F)c1. The van der Waals surface area contributed by atoms with Gasteiger partial charge in [-0.05, 0) is 61.5 Å². The predicted molar refractivity (Wildman–Crippen MR) is 151 cm³/mol. The Balaban J connectivity index is 1.63. The summed E-state index contributed by atoms with van der Waals surface area (Å²) in [5, 5.41) is 8.76. The number of aromatic nitrogens is 1. The first-order valence-electron chi connectivity index (χ1n) is 12.6. The van der Waals surface area contributed by atoms with E-state index in [2.05, 4.69) is 26.1 Å². The van der Waals surface area contributed by atoms with E-state index in [-0.39, 0.29) is 23.7 Å². The number of benzene rings is 3. The molecule has 0 bridgehead atoms. The van der Waals surface area contributed by atoms with Gasteiger partial charge in [0.2, 0.25) is 5.71 Å². The van der Waals surface area contributed by atoms with Gasteiger partial charge in [0, 0.05) is 35.6 Å². The number of amides is 2. The Hall–Kier alpha value is -5.40. The van der Waals surface area contributed by atoms with Crippen LogP contribution in [0.1, 0.15) is 12.5 Å². The lowest BCUT2D eigenvalue weighted by Crippen LogP contribution is -2.36. The Morgan fingerprint density at radius 1 is 0.837 bits per heavy atom. The summed E-state index contributed by atoms with van der Waals surface area (Å²) in [6.07, 6.45) is -3.52. The van der Waals surface area contributed by atoms with E-state index in [4.69, 9.17) is 14.2 Å². The van der Waals surface area contributed by atoms with Gasteiger partial charge in [0.05, 0.1) is 19.7 Å². The molecule has 0 atom stereocenters. The summed E-state index contributed by atoms with van der Waals surface area (Å²) in [5.74, 6) is -2.41. The minimum atomic E-state index is -4.89. The third kappa shape index (κ3) is 7.28. The Morgan fingerprint density at radius 3 is 2.09 bits per heavy atom. The second-order valence-electron chi connectivity index (χ2n) is 8.73. The number of hydrazone groups is 1. The fraction of sp³-hybridized carbons (Fsp3) is 0.172. The van der Waals surface area contributed by atoms with E-state index in [1.54, 1.807) is 13.0 Å². The summed E-state index contributed by atoms with van der Waals surface area (Å²) in [5.41, 5.74) is 0.882. The van der Waals surface area contributed by atoms with Crippen molar-refractivity contribution in [1.29, 1.82) is 0 Å². The maximum absolute atomic E-state index is 14.2. The zero-order valence-corrected chi connectivity index (χ0v) is 23.0. The summed E-state index contributed by atoms with van der Waals surface area (Å²) < 4.78 is 71.9. The lowest BCUT2D eigenvalue weighted by Gasteiger charge is -2.17.